The van der Waals surface area contributed by atoms with Crippen LogP contribution in [-0.4, -0.2) is 55.9 Å². The molecule has 4 unspecified atom stereocenters. The number of nitrogens with zero attached hydrogens (tertiary/aromatic N) is 1. The summed E-state index contributed by atoms with van der Waals surface area (Å²) in [4.78, 5) is 10.4. The van der Waals surface area contributed by atoms with Crippen LogP contribution < -0.4 is 0 Å². The fourth-order valence-electron chi connectivity index (χ4n) is 2.38. The quantitative estimate of drug-likeness (QED) is 0.420. The Bertz CT molecular complexity index is 257. The van der Waals surface area contributed by atoms with Crippen LogP contribution in [0.5, 0.6) is 0 Å². The molecule has 17 heavy (non-hydrogen) atoms. The van der Waals surface area contributed by atoms with E-state index in [4.69, 9.17) is 14.2 Å². The second-order valence-corrected chi connectivity index (χ2v) is 4.19. The van der Waals surface area contributed by atoms with Gasteiger partial charge in [0, 0.05) is 38.6 Å². The Morgan fingerprint density at radius 2 is 1.88 bits per heavy atom. The second-order valence-electron chi connectivity index (χ2n) is 4.19. The van der Waals surface area contributed by atoms with Crippen molar-refractivity contribution in [1.82, 2.24) is 0 Å². The van der Waals surface area contributed by atoms with Crippen molar-refractivity contribution in [2.24, 2.45) is 5.92 Å². The van der Waals surface area contributed by atoms with Crippen LogP contribution >= 0.6 is 0 Å². The first kappa shape index (κ1) is 14.3. The molecule has 1 aliphatic rings. The summed E-state index contributed by atoms with van der Waals surface area (Å²) in [7, 11) is 4.41. The summed E-state index contributed by atoms with van der Waals surface area (Å²) in [5.74, 6) is -0.159. The number of aliphatic hydroxyl groups is 1. The van der Waals surface area contributed by atoms with Crippen molar-refractivity contribution >= 4 is 0 Å². The van der Waals surface area contributed by atoms with E-state index < -0.39 is 29.5 Å². The van der Waals surface area contributed by atoms with Crippen molar-refractivity contribution in [2.45, 2.75) is 37.4 Å². The molecule has 4 atom stereocenters. The lowest BCUT2D eigenvalue weighted by Gasteiger charge is -2.36. The molecule has 100 valence electrons. The maximum Gasteiger partial charge on any atom is 0.241 e. The molecular weight excluding hydrogens is 230 g/mol. The second kappa shape index (κ2) is 6.25. The predicted molar refractivity (Wildman–Crippen MR) is 58.1 cm³/mol. The van der Waals surface area contributed by atoms with Gasteiger partial charge in [0.15, 0.2) is 6.29 Å². The van der Waals surface area contributed by atoms with Crippen LogP contribution in [-0.2, 0) is 14.2 Å². The maximum absolute atomic E-state index is 10.9. The van der Waals surface area contributed by atoms with Gasteiger partial charge in [-0.05, 0) is 6.42 Å². The standard InChI is InChI=1S/C10H19NO6/c1-15-8-5-6(10(16-2)17-3)4-7(9(8)12)11(13)14/h6-10,12H,4-5H2,1-3H3. The largest absolute Gasteiger partial charge is 0.383 e. The van der Waals surface area contributed by atoms with Crippen LogP contribution in [0.15, 0.2) is 0 Å². The maximum atomic E-state index is 10.9. The van der Waals surface area contributed by atoms with Gasteiger partial charge in [0.05, 0.1) is 6.10 Å². The molecule has 0 radical (unpaired) electrons. The van der Waals surface area contributed by atoms with Gasteiger partial charge in [-0.25, -0.2) is 0 Å². The average Bonchev–Trinajstić information content (AvgIpc) is 2.31. The van der Waals surface area contributed by atoms with Crippen LogP contribution in [0.25, 0.3) is 0 Å². The number of hydrogen-bond acceptors (Lipinski definition) is 6. The zero-order valence-electron chi connectivity index (χ0n) is 10.2. The van der Waals surface area contributed by atoms with Gasteiger partial charge in [0.1, 0.15) is 6.10 Å². The molecule has 0 aliphatic heterocycles. The number of ether oxygens (including phenoxy) is 3. The smallest absolute Gasteiger partial charge is 0.241 e. The number of rotatable bonds is 5. The first-order valence-electron chi connectivity index (χ1n) is 5.45. The minimum Gasteiger partial charge on any atom is -0.383 e. The van der Waals surface area contributed by atoms with Crippen LogP contribution in [0.4, 0.5) is 0 Å². The Labute approximate surface area is 99.8 Å². The molecule has 0 aromatic rings. The lowest BCUT2D eigenvalue weighted by Crippen LogP contribution is -2.51. The highest BCUT2D eigenvalue weighted by molar-refractivity contribution is 4.88. The van der Waals surface area contributed by atoms with E-state index in [-0.39, 0.29) is 12.3 Å². The van der Waals surface area contributed by atoms with Gasteiger partial charge in [-0.2, -0.15) is 0 Å². The highest BCUT2D eigenvalue weighted by atomic mass is 16.7. The summed E-state index contributed by atoms with van der Waals surface area (Å²) in [6.45, 7) is 0. The molecular formula is C10H19NO6. The first-order valence-corrected chi connectivity index (χ1v) is 5.45. The van der Waals surface area contributed by atoms with E-state index in [0.717, 1.165) is 0 Å². The Kier molecular flexibility index (Phi) is 5.26. The number of aliphatic hydroxyl groups excluding tert-OH is 1. The molecule has 0 saturated heterocycles. The molecule has 1 aliphatic carbocycles. The van der Waals surface area contributed by atoms with Crippen molar-refractivity contribution in [3.63, 3.8) is 0 Å². The zero-order valence-corrected chi connectivity index (χ0v) is 10.2. The fraction of sp³-hybridized carbons (Fsp3) is 1.00. The zero-order chi connectivity index (χ0) is 13.0. The third-order valence-corrected chi connectivity index (χ3v) is 3.28. The van der Waals surface area contributed by atoms with Gasteiger partial charge >= 0.3 is 0 Å². The lowest BCUT2D eigenvalue weighted by atomic mass is 9.81. The monoisotopic (exact) mass is 249 g/mol. The van der Waals surface area contributed by atoms with E-state index >= 15 is 0 Å². The summed E-state index contributed by atoms with van der Waals surface area (Å²) in [5.41, 5.74) is 0. The molecule has 0 bridgehead atoms. The molecule has 7 heteroatoms. The summed E-state index contributed by atoms with van der Waals surface area (Å²) in [6.07, 6.45) is -1.45. The van der Waals surface area contributed by atoms with E-state index in [1.165, 1.54) is 21.3 Å². The van der Waals surface area contributed by atoms with E-state index in [9.17, 15) is 15.2 Å². The van der Waals surface area contributed by atoms with Crippen molar-refractivity contribution in [3.05, 3.63) is 10.1 Å². The Balaban J connectivity index is 2.79. The average molecular weight is 249 g/mol. The Hall–Kier alpha value is -0.760. The molecule has 0 heterocycles. The van der Waals surface area contributed by atoms with Gasteiger partial charge in [-0.15, -0.1) is 0 Å². The van der Waals surface area contributed by atoms with Gasteiger partial charge in [-0.3, -0.25) is 10.1 Å². The first-order chi connectivity index (χ1) is 8.04. The third-order valence-electron chi connectivity index (χ3n) is 3.28. The summed E-state index contributed by atoms with van der Waals surface area (Å²) in [6, 6.07) is -1.04. The summed E-state index contributed by atoms with van der Waals surface area (Å²) < 4.78 is 15.3. The minimum absolute atomic E-state index is 0.159. The van der Waals surface area contributed by atoms with Crippen LogP contribution in [0.3, 0.4) is 0 Å². The normalized spacial score (nSPS) is 33.9. The van der Waals surface area contributed by atoms with Gasteiger partial charge in [0.2, 0.25) is 6.04 Å². The molecule has 1 saturated carbocycles. The number of nitro groups is 1. The van der Waals surface area contributed by atoms with Crippen LogP contribution in [0.1, 0.15) is 12.8 Å². The summed E-state index contributed by atoms with van der Waals surface area (Å²) >= 11 is 0. The van der Waals surface area contributed by atoms with E-state index in [0.29, 0.717) is 6.42 Å². The molecule has 0 spiro atoms. The van der Waals surface area contributed by atoms with Gasteiger partial charge in [-0.1, -0.05) is 0 Å². The number of methoxy groups -OCH3 is 3. The Morgan fingerprint density at radius 3 is 2.29 bits per heavy atom. The number of hydrogen-bond donors (Lipinski definition) is 1. The Morgan fingerprint density at radius 1 is 1.29 bits per heavy atom. The van der Waals surface area contributed by atoms with Gasteiger partial charge < -0.3 is 19.3 Å². The SMILES string of the molecule is COC1CC(C(OC)OC)CC([N+](=O)[O-])C1O. The topological polar surface area (TPSA) is 91.1 Å². The predicted octanol–water partition coefficient (Wildman–Crippen LogP) is 0.0365. The highest BCUT2D eigenvalue weighted by Gasteiger charge is 2.46. The van der Waals surface area contributed by atoms with Gasteiger partial charge in [0.25, 0.3) is 0 Å². The van der Waals surface area contributed by atoms with Crippen molar-refractivity contribution in [3.8, 4) is 0 Å². The van der Waals surface area contributed by atoms with E-state index in [1.54, 1.807) is 0 Å². The minimum atomic E-state index is -1.08. The fourth-order valence-corrected chi connectivity index (χ4v) is 2.38. The molecule has 7 nitrogen and oxygen atoms in total. The molecule has 0 aromatic carbocycles. The molecule has 1 fully saturated rings. The van der Waals surface area contributed by atoms with E-state index in [2.05, 4.69) is 0 Å². The third kappa shape index (κ3) is 3.12. The van der Waals surface area contributed by atoms with Crippen molar-refractivity contribution in [1.29, 1.82) is 0 Å². The molecule has 0 aromatic heterocycles. The van der Waals surface area contributed by atoms with E-state index in [1.807, 2.05) is 0 Å². The molecule has 1 rings (SSSR count). The lowest BCUT2D eigenvalue weighted by molar-refractivity contribution is -0.544. The van der Waals surface area contributed by atoms with Crippen LogP contribution in [0.2, 0.25) is 0 Å². The van der Waals surface area contributed by atoms with Crippen molar-refractivity contribution in [2.75, 3.05) is 21.3 Å². The molecule has 1 N–H and O–H groups in total. The van der Waals surface area contributed by atoms with Crippen molar-refractivity contribution < 1.29 is 24.2 Å². The summed E-state index contributed by atoms with van der Waals surface area (Å²) in [5, 5.41) is 20.7. The van der Waals surface area contributed by atoms with Crippen LogP contribution in [0, 0.1) is 16.0 Å². The molecule has 0 amide bonds. The highest BCUT2D eigenvalue weighted by Crippen LogP contribution is 2.31.